The molecule has 0 fully saturated rings. The van der Waals surface area contributed by atoms with Crippen molar-refractivity contribution in [1.82, 2.24) is 20.0 Å². The molecule has 1 atom stereocenters. The number of hydrogen-bond donors (Lipinski definition) is 1. The van der Waals surface area contributed by atoms with Crippen LogP contribution >= 0.6 is 0 Å². The Morgan fingerprint density at radius 1 is 0.971 bits per heavy atom. The average molecular weight is 471 g/mol. The topological polar surface area (TPSA) is 68.6 Å². The predicted molar refractivity (Wildman–Crippen MR) is 137 cm³/mol. The molecule has 1 amide bonds. The van der Waals surface area contributed by atoms with Crippen LogP contribution in [0, 0.1) is 0 Å². The molecule has 7 nitrogen and oxygen atoms in total. The summed E-state index contributed by atoms with van der Waals surface area (Å²) >= 11 is 0. The first-order valence-electron chi connectivity index (χ1n) is 11.4. The van der Waals surface area contributed by atoms with E-state index in [0.717, 1.165) is 22.6 Å². The predicted octanol–water partition coefficient (Wildman–Crippen LogP) is 4.59. The maximum Gasteiger partial charge on any atom is 0.255 e. The summed E-state index contributed by atoms with van der Waals surface area (Å²) in [5.74, 6) is 1.23. The van der Waals surface area contributed by atoms with Gasteiger partial charge in [0.05, 0.1) is 31.5 Å². The van der Waals surface area contributed by atoms with Crippen LogP contribution in [0.3, 0.4) is 0 Å². The van der Waals surface area contributed by atoms with E-state index in [-0.39, 0.29) is 11.9 Å². The molecule has 0 saturated carbocycles. The van der Waals surface area contributed by atoms with Gasteiger partial charge in [-0.3, -0.25) is 4.79 Å². The molecule has 1 heterocycles. The van der Waals surface area contributed by atoms with E-state index in [1.165, 1.54) is 0 Å². The van der Waals surface area contributed by atoms with E-state index in [2.05, 4.69) is 10.2 Å². The Labute approximate surface area is 205 Å². The molecule has 0 radical (unpaired) electrons. The second-order valence-corrected chi connectivity index (χ2v) is 8.34. The van der Waals surface area contributed by atoms with Gasteiger partial charge in [-0.2, -0.15) is 5.10 Å². The highest BCUT2D eigenvalue weighted by Gasteiger charge is 2.23. The molecule has 0 saturated heterocycles. The lowest BCUT2D eigenvalue weighted by atomic mass is 10.0. The monoisotopic (exact) mass is 470 g/mol. The van der Waals surface area contributed by atoms with Crippen LogP contribution in [0.25, 0.3) is 16.9 Å². The zero-order valence-corrected chi connectivity index (χ0v) is 20.4. The van der Waals surface area contributed by atoms with Crippen molar-refractivity contribution in [3.05, 3.63) is 96.2 Å². The summed E-state index contributed by atoms with van der Waals surface area (Å²) in [6.07, 6.45) is 1.77. The quantitative estimate of drug-likeness (QED) is 0.388. The van der Waals surface area contributed by atoms with Gasteiger partial charge in [0.25, 0.3) is 5.91 Å². The van der Waals surface area contributed by atoms with E-state index in [1.807, 2.05) is 93.0 Å². The molecule has 0 aliphatic heterocycles. The lowest BCUT2D eigenvalue weighted by Gasteiger charge is -2.25. The summed E-state index contributed by atoms with van der Waals surface area (Å²) in [6, 6.07) is 25.2. The third-order valence-electron chi connectivity index (χ3n) is 5.90. The maximum absolute atomic E-state index is 13.5. The molecule has 180 valence electrons. The zero-order valence-electron chi connectivity index (χ0n) is 20.4. The van der Waals surface area contributed by atoms with Gasteiger partial charge in [0, 0.05) is 18.3 Å². The van der Waals surface area contributed by atoms with E-state index in [4.69, 9.17) is 14.6 Å². The maximum atomic E-state index is 13.5. The normalized spacial score (nSPS) is 11.8. The molecule has 0 spiro atoms. The standard InChI is InChI=1S/C28H30N4O3/c1-31(2)25(20-11-10-14-22(17-20)34-3)18-29-28(33)24-19-32(21-12-6-5-7-13-21)30-27(24)23-15-8-9-16-26(23)35-4/h5-17,19,25H,18H2,1-4H3,(H,29,33)/t25-/m0/s1. The third kappa shape index (κ3) is 5.36. The summed E-state index contributed by atoms with van der Waals surface area (Å²) in [5.41, 5.74) is 3.71. The number of nitrogens with one attached hydrogen (secondary N) is 1. The molecule has 0 aliphatic carbocycles. The lowest BCUT2D eigenvalue weighted by molar-refractivity contribution is 0.0942. The van der Waals surface area contributed by atoms with Crippen molar-refractivity contribution < 1.29 is 14.3 Å². The van der Waals surface area contributed by atoms with E-state index < -0.39 is 0 Å². The number of aromatic nitrogens is 2. The van der Waals surface area contributed by atoms with Crippen molar-refractivity contribution in [2.45, 2.75) is 6.04 Å². The Hall–Kier alpha value is -4.10. The molecule has 0 unspecified atom stereocenters. The second kappa shape index (κ2) is 10.9. The van der Waals surface area contributed by atoms with Gasteiger partial charge in [-0.25, -0.2) is 4.68 Å². The van der Waals surface area contributed by atoms with Crippen molar-refractivity contribution in [1.29, 1.82) is 0 Å². The zero-order chi connectivity index (χ0) is 24.8. The van der Waals surface area contributed by atoms with Gasteiger partial charge in [0.1, 0.15) is 17.2 Å². The summed E-state index contributed by atoms with van der Waals surface area (Å²) in [7, 11) is 7.24. The smallest absolute Gasteiger partial charge is 0.255 e. The minimum Gasteiger partial charge on any atom is -0.497 e. The Bertz CT molecular complexity index is 1280. The fraction of sp³-hybridized carbons (Fsp3) is 0.214. The number of carbonyl (C=O) groups is 1. The van der Waals surface area contributed by atoms with E-state index >= 15 is 0 Å². The van der Waals surface area contributed by atoms with Crippen LogP contribution in [0.4, 0.5) is 0 Å². The number of hydrogen-bond acceptors (Lipinski definition) is 5. The van der Waals surface area contributed by atoms with Gasteiger partial charge < -0.3 is 19.7 Å². The Kier molecular flexibility index (Phi) is 7.48. The van der Waals surface area contributed by atoms with Crippen LogP contribution in [0.15, 0.2) is 85.1 Å². The number of benzene rings is 3. The Balaban J connectivity index is 1.67. The summed E-state index contributed by atoms with van der Waals surface area (Å²) in [6.45, 7) is 0.418. The molecule has 4 rings (SSSR count). The first-order chi connectivity index (χ1) is 17.0. The molecular formula is C28H30N4O3. The van der Waals surface area contributed by atoms with Crippen LogP contribution in [-0.2, 0) is 0 Å². The van der Waals surface area contributed by atoms with Crippen molar-refractivity contribution in [3.63, 3.8) is 0 Å². The number of nitrogens with zero attached hydrogens (tertiary/aromatic N) is 3. The van der Waals surface area contributed by atoms with Crippen LogP contribution in [0.5, 0.6) is 11.5 Å². The fourth-order valence-electron chi connectivity index (χ4n) is 4.02. The van der Waals surface area contributed by atoms with Crippen molar-refractivity contribution >= 4 is 5.91 Å². The Morgan fingerprint density at radius 3 is 2.43 bits per heavy atom. The molecule has 0 bridgehead atoms. The summed E-state index contributed by atoms with van der Waals surface area (Å²) in [5, 5.41) is 7.89. The second-order valence-electron chi connectivity index (χ2n) is 8.34. The molecule has 1 N–H and O–H groups in total. The number of carbonyl (C=O) groups excluding carboxylic acids is 1. The van der Waals surface area contributed by atoms with E-state index in [0.29, 0.717) is 23.6 Å². The van der Waals surface area contributed by atoms with Crippen molar-refractivity contribution in [2.24, 2.45) is 0 Å². The van der Waals surface area contributed by atoms with Crippen LogP contribution < -0.4 is 14.8 Å². The Morgan fingerprint density at radius 2 is 1.71 bits per heavy atom. The van der Waals surface area contributed by atoms with Crippen molar-refractivity contribution in [2.75, 3.05) is 34.9 Å². The molecule has 35 heavy (non-hydrogen) atoms. The highest BCUT2D eigenvalue weighted by molar-refractivity contribution is 6.00. The molecular weight excluding hydrogens is 440 g/mol. The number of methoxy groups -OCH3 is 2. The SMILES string of the molecule is COc1cccc([C@H](CNC(=O)c2cn(-c3ccccc3)nc2-c2ccccc2OC)N(C)C)c1. The number of likely N-dealkylation sites (N-methyl/N-ethyl adjacent to an activating group) is 1. The largest absolute Gasteiger partial charge is 0.497 e. The van der Waals surface area contributed by atoms with Gasteiger partial charge in [0.15, 0.2) is 0 Å². The van der Waals surface area contributed by atoms with Crippen LogP contribution in [0.2, 0.25) is 0 Å². The third-order valence-corrected chi connectivity index (χ3v) is 5.90. The van der Waals surface area contributed by atoms with Gasteiger partial charge in [-0.1, -0.05) is 42.5 Å². The first-order valence-corrected chi connectivity index (χ1v) is 11.4. The summed E-state index contributed by atoms with van der Waals surface area (Å²) < 4.78 is 12.7. The molecule has 7 heteroatoms. The van der Waals surface area contributed by atoms with Crippen LogP contribution in [-0.4, -0.2) is 55.4 Å². The minimum atomic E-state index is -0.206. The molecule has 4 aromatic rings. The number of rotatable bonds is 9. The fourth-order valence-corrected chi connectivity index (χ4v) is 4.02. The van der Waals surface area contributed by atoms with E-state index in [9.17, 15) is 4.79 Å². The number of ether oxygens (including phenoxy) is 2. The van der Waals surface area contributed by atoms with Crippen molar-refractivity contribution in [3.8, 4) is 28.4 Å². The van der Waals surface area contributed by atoms with Crippen LogP contribution in [0.1, 0.15) is 22.0 Å². The van der Waals surface area contributed by atoms with Gasteiger partial charge in [-0.15, -0.1) is 0 Å². The lowest BCUT2D eigenvalue weighted by Crippen LogP contribution is -2.34. The molecule has 1 aromatic heterocycles. The average Bonchev–Trinajstić information content (AvgIpc) is 3.34. The van der Waals surface area contributed by atoms with Gasteiger partial charge in [-0.05, 0) is 56.1 Å². The minimum absolute atomic E-state index is 0.0343. The van der Waals surface area contributed by atoms with E-state index in [1.54, 1.807) is 25.1 Å². The molecule has 3 aromatic carbocycles. The number of amides is 1. The van der Waals surface area contributed by atoms with Gasteiger partial charge in [0.2, 0.25) is 0 Å². The van der Waals surface area contributed by atoms with Gasteiger partial charge >= 0.3 is 0 Å². The first kappa shape index (κ1) is 24.0. The highest BCUT2D eigenvalue weighted by atomic mass is 16.5. The molecule has 0 aliphatic rings. The highest BCUT2D eigenvalue weighted by Crippen LogP contribution is 2.32. The summed E-state index contributed by atoms with van der Waals surface area (Å²) in [4.78, 5) is 15.6. The number of para-hydroxylation sites is 2.